The Morgan fingerprint density at radius 3 is 3.04 bits per heavy atom. The molecule has 1 atom stereocenters. The number of piperidine rings is 1. The number of aromatic nitrogens is 5. The van der Waals surface area contributed by atoms with Gasteiger partial charge in [-0.1, -0.05) is 19.0 Å². The maximum atomic E-state index is 13.0. The Morgan fingerprint density at radius 2 is 2.23 bits per heavy atom. The molecule has 26 heavy (non-hydrogen) atoms. The van der Waals surface area contributed by atoms with Crippen LogP contribution in [0.5, 0.6) is 0 Å². The van der Waals surface area contributed by atoms with E-state index in [1.165, 1.54) is 0 Å². The molecule has 0 saturated carbocycles. The zero-order valence-corrected chi connectivity index (χ0v) is 15.4. The van der Waals surface area contributed by atoms with Gasteiger partial charge in [-0.25, -0.2) is 4.52 Å². The molecule has 3 aromatic heterocycles. The van der Waals surface area contributed by atoms with Gasteiger partial charge in [0.2, 0.25) is 5.89 Å². The number of aryl methyl sites for hydroxylation is 1. The Bertz CT molecular complexity index is 921. The molecule has 1 aliphatic heterocycles. The molecule has 8 heteroatoms. The second-order valence-electron chi connectivity index (χ2n) is 7.47. The van der Waals surface area contributed by atoms with Crippen LogP contribution in [0.2, 0.25) is 0 Å². The van der Waals surface area contributed by atoms with Crippen molar-refractivity contribution in [3.63, 3.8) is 0 Å². The molecule has 1 saturated heterocycles. The van der Waals surface area contributed by atoms with Crippen molar-refractivity contribution >= 4 is 11.6 Å². The van der Waals surface area contributed by atoms with E-state index < -0.39 is 0 Å². The quantitative estimate of drug-likeness (QED) is 0.716. The summed E-state index contributed by atoms with van der Waals surface area (Å²) in [6.45, 7) is 5.61. The topological polar surface area (TPSA) is 81.5 Å². The lowest BCUT2D eigenvalue weighted by Gasteiger charge is -2.30. The fraction of sp³-hybridized carbons (Fsp3) is 0.556. The van der Waals surface area contributed by atoms with Gasteiger partial charge in [-0.15, -0.1) is 0 Å². The minimum absolute atomic E-state index is 0.00780. The minimum atomic E-state index is 0.00780. The monoisotopic (exact) mass is 356 g/mol. The molecule has 1 fully saturated rings. The maximum Gasteiger partial charge on any atom is 0.259 e. The Morgan fingerprint density at radius 1 is 1.38 bits per heavy atom. The van der Waals surface area contributed by atoms with E-state index in [4.69, 9.17) is 4.52 Å². The first-order valence-corrected chi connectivity index (χ1v) is 9.13. The van der Waals surface area contributed by atoms with Crippen LogP contribution >= 0.6 is 0 Å². The molecule has 0 unspecified atom stereocenters. The van der Waals surface area contributed by atoms with Gasteiger partial charge in [-0.3, -0.25) is 4.79 Å². The van der Waals surface area contributed by atoms with Crippen LogP contribution in [-0.4, -0.2) is 48.2 Å². The molecule has 0 bridgehead atoms. The molecular weight excluding hydrogens is 332 g/mol. The molecule has 3 aromatic rings. The highest BCUT2D eigenvalue weighted by atomic mass is 16.5. The van der Waals surface area contributed by atoms with Crippen molar-refractivity contribution in [3.05, 3.63) is 35.9 Å². The van der Waals surface area contributed by atoms with Crippen LogP contribution in [0.25, 0.3) is 5.65 Å². The Balaban J connectivity index is 1.52. The number of fused-ring (bicyclic) bond motifs is 1. The second-order valence-corrected chi connectivity index (χ2v) is 7.47. The van der Waals surface area contributed by atoms with Crippen molar-refractivity contribution in [2.45, 2.75) is 39.0 Å². The van der Waals surface area contributed by atoms with E-state index in [2.05, 4.69) is 29.1 Å². The van der Waals surface area contributed by atoms with Gasteiger partial charge in [-0.2, -0.15) is 10.1 Å². The second kappa shape index (κ2) is 6.59. The summed E-state index contributed by atoms with van der Waals surface area (Å²) in [5, 5.41) is 8.36. The Hall–Kier alpha value is -2.64. The first kappa shape index (κ1) is 16.8. The summed E-state index contributed by atoms with van der Waals surface area (Å²) in [6.07, 6.45) is 8.08. The number of hydrogen-bond acceptors (Lipinski definition) is 5. The normalized spacial score (nSPS) is 18.2. The predicted octanol–water partition coefficient (Wildman–Crippen LogP) is 2.27. The smallest absolute Gasteiger partial charge is 0.259 e. The first-order valence-electron chi connectivity index (χ1n) is 9.13. The van der Waals surface area contributed by atoms with E-state index in [0.717, 1.165) is 37.3 Å². The van der Waals surface area contributed by atoms with Crippen LogP contribution in [0, 0.1) is 5.92 Å². The fourth-order valence-corrected chi connectivity index (χ4v) is 3.62. The highest BCUT2D eigenvalue weighted by Gasteiger charge is 2.30. The fourth-order valence-electron chi connectivity index (χ4n) is 3.62. The lowest BCUT2D eigenvalue weighted by atomic mass is 9.97. The molecule has 1 amide bonds. The third-order valence-corrected chi connectivity index (χ3v) is 4.90. The average molecular weight is 356 g/mol. The average Bonchev–Trinajstić information content (AvgIpc) is 3.32. The van der Waals surface area contributed by atoms with Crippen LogP contribution < -0.4 is 0 Å². The van der Waals surface area contributed by atoms with Gasteiger partial charge in [-0.05, 0) is 18.8 Å². The van der Waals surface area contributed by atoms with Crippen molar-refractivity contribution in [2.75, 3.05) is 13.1 Å². The van der Waals surface area contributed by atoms with Crippen molar-refractivity contribution in [3.8, 4) is 0 Å². The molecule has 0 aliphatic carbocycles. The number of hydrogen-bond donors (Lipinski definition) is 0. The molecule has 138 valence electrons. The molecule has 0 radical (unpaired) electrons. The van der Waals surface area contributed by atoms with Crippen LogP contribution in [0.15, 0.2) is 23.1 Å². The van der Waals surface area contributed by atoms with Gasteiger partial charge in [0, 0.05) is 39.0 Å². The summed E-state index contributed by atoms with van der Waals surface area (Å²) in [5.74, 6) is 1.99. The Kier molecular flexibility index (Phi) is 4.26. The highest BCUT2D eigenvalue weighted by Crippen LogP contribution is 2.27. The molecule has 4 heterocycles. The number of imidazole rings is 1. The molecule has 0 N–H and O–H groups in total. The third-order valence-electron chi connectivity index (χ3n) is 4.90. The standard InChI is InChI=1S/C18H24N6O2/c1-12(2)9-15-20-16(26-21-15)13-5-4-6-23(11-13)18(25)14-10-19-24-8-7-22(3)17(14)24/h7-8,10,12-13H,4-6,9,11H2,1-3H3/t13-/m1/s1. The van der Waals surface area contributed by atoms with Gasteiger partial charge in [0.1, 0.15) is 11.2 Å². The van der Waals surface area contributed by atoms with Crippen molar-refractivity contribution < 1.29 is 9.32 Å². The van der Waals surface area contributed by atoms with Crippen molar-refractivity contribution in [2.24, 2.45) is 13.0 Å². The zero-order valence-electron chi connectivity index (χ0n) is 15.4. The number of nitrogens with zero attached hydrogens (tertiary/aromatic N) is 6. The number of rotatable bonds is 4. The minimum Gasteiger partial charge on any atom is -0.339 e. The van der Waals surface area contributed by atoms with Gasteiger partial charge in [0.25, 0.3) is 5.91 Å². The molecular formula is C18H24N6O2. The van der Waals surface area contributed by atoms with Crippen LogP contribution in [0.3, 0.4) is 0 Å². The van der Waals surface area contributed by atoms with E-state index >= 15 is 0 Å². The summed E-state index contributed by atoms with van der Waals surface area (Å²) >= 11 is 0. The largest absolute Gasteiger partial charge is 0.339 e. The van der Waals surface area contributed by atoms with Crippen LogP contribution in [-0.2, 0) is 13.5 Å². The summed E-state index contributed by atoms with van der Waals surface area (Å²) in [6, 6.07) is 0. The van der Waals surface area contributed by atoms with E-state index in [1.807, 2.05) is 28.9 Å². The Labute approximate surface area is 151 Å². The molecule has 4 rings (SSSR count). The van der Waals surface area contributed by atoms with Crippen LogP contribution in [0.1, 0.15) is 54.7 Å². The molecule has 8 nitrogen and oxygen atoms in total. The zero-order chi connectivity index (χ0) is 18.3. The maximum absolute atomic E-state index is 13.0. The number of likely N-dealkylation sites (tertiary alicyclic amines) is 1. The van der Waals surface area contributed by atoms with Gasteiger partial charge < -0.3 is 14.0 Å². The summed E-state index contributed by atoms with van der Waals surface area (Å²) in [7, 11) is 1.92. The lowest BCUT2D eigenvalue weighted by Crippen LogP contribution is -2.39. The van der Waals surface area contributed by atoms with Crippen LogP contribution in [0.4, 0.5) is 0 Å². The van der Waals surface area contributed by atoms with Crippen molar-refractivity contribution in [1.29, 1.82) is 0 Å². The molecule has 0 aromatic carbocycles. The van der Waals surface area contributed by atoms with Gasteiger partial charge in [0.05, 0.1) is 12.1 Å². The SMILES string of the molecule is CC(C)Cc1noc([C@@H]2CCCN(C(=O)c3cnn4ccn(C)c34)C2)n1. The van der Waals surface area contributed by atoms with Gasteiger partial charge >= 0.3 is 0 Å². The predicted molar refractivity (Wildman–Crippen MR) is 94.9 cm³/mol. The highest BCUT2D eigenvalue weighted by molar-refractivity contribution is 5.99. The number of carbonyl (C=O) groups is 1. The van der Waals surface area contributed by atoms with E-state index in [9.17, 15) is 4.79 Å². The first-order chi connectivity index (χ1) is 12.5. The number of carbonyl (C=O) groups excluding carboxylic acids is 1. The van der Waals surface area contributed by atoms with E-state index in [1.54, 1.807) is 10.7 Å². The molecule has 1 aliphatic rings. The van der Waals surface area contributed by atoms with E-state index in [0.29, 0.717) is 23.9 Å². The summed E-state index contributed by atoms with van der Waals surface area (Å²) in [4.78, 5) is 19.5. The third kappa shape index (κ3) is 3.00. The molecule has 0 spiro atoms. The van der Waals surface area contributed by atoms with E-state index in [-0.39, 0.29) is 11.8 Å². The lowest BCUT2D eigenvalue weighted by molar-refractivity contribution is 0.0697. The number of amides is 1. The summed E-state index contributed by atoms with van der Waals surface area (Å²) < 4.78 is 9.12. The van der Waals surface area contributed by atoms with Crippen molar-refractivity contribution in [1.82, 2.24) is 29.2 Å². The summed E-state index contributed by atoms with van der Waals surface area (Å²) in [5.41, 5.74) is 1.44. The van der Waals surface area contributed by atoms with Gasteiger partial charge in [0.15, 0.2) is 5.82 Å².